The second-order valence-corrected chi connectivity index (χ2v) is 5.07. The van der Waals surface area contributed by atoms with Gasteiger partial charge >= 0.3 is 0 Å². The molecule has 0 fully saturated rings. The quantitative estimate of drug-likeness (QED) is 0.904. The van der Waals surface area contributed by atoms with Gasteiger partial charge in [-0.05, 0) is 39.7 Å². The number of halogens is 2. The first-order chi connectivity index (χ1) is 9.63. The van der Waals surface area contributed by atoms with Gasteiger partial charge in [-0.25, -0.2) is 4.39 Å². The number of benzene rings is 2. The summed E-state index contributed by atoms with van der Waals surface area (Å²) in [5.74, 6) is 0.859. The molecule has 0 saturated carbocycles. The molecule has 0 heterocycles. The fourth-order valence-corrected chi connectivity index (χ4v) is 2.16. The minimum absolute atomic E-state index is 0.323. The third kappa shape index (κ3) is 3.49. The van der Waals surface area contributed by atoms with Crippen molar-refractivity contribution in [3.63, 3.8) is 0 Å². The Hall–Kier alpha value is -1.59. The van der Waals surface area contributed by atoms with Crippen LogP contribution in [0.3, 0.4) is 0 Å². The number of hydrogen-bond acceptors (Lipinski definition) is 3. The van der Waals surface area contributed by atoms with Gasteiger partial charge in [0.15, 0.2) is 0 Å². The molecule has 2 N–H and O–H groups in total. The second kappa shape index (κ2) is 6.72. The predicted molar refractivity (Wildman–Crippen MR) is 79.3 cm³/mol. The van der Waals surface area contributed by atoms with Crippen molar-refractivity contribution in [1.82, 2.24) is 0 Å². The number of nitrogens with two attached hydrogens (primary N) is 1. The number of ether oxygens (including phenoxy) is 2. The van der Waals surface area contributed by atoms with Crippen LogP contribution in [0.15, 0.2) is 40.9 Å². The standard InChI is InChI=1S/C15H15BrFNO2/c1-19-14-6-10(2-3-11(14)8-18)9-20-15-7-12(17)4-5-13(15)16/h2-7H,8-9,18H2,1H3. The smallest absolute Gasteiger partial charge is 0.136 e. The lowest BCUT2D eigenvalue weighted by Gasteiger charge is -2.11. The molecule has 0 aromatic heterocycles. The summed E-state index contributed by atoms with van der Waals surface area (Å²) in [6, 6.07) is 10.0. The fourth-order valence-electron chi connectivity index (χ4n) is 1.80. The lowest BCUT2D eigenvalue weighted by molar-refractivity contribution is 0.301. The molecule has 0 radical (unpaired) electrons. The Morgan fingerprint density at radius 1 is 1.15 bits per heavy atom. The van der Waals surface area contributed by atoms with Gasteiger partial charge in [0.25, 0.3) is 0 Å². The Balaban J connectivity index is 2.12. The van der Waals surface area contributed by atoms with Crippen LogP contribution in [0.4, 0.5) is 4.39 Å². The highest BCUT2D eigenvalue weighted by Gasteiger charge is 2.06. The highest BCUT2D eigenvalue weighted by Crippen LogP contribution is 2.27. The second-order valence-electron chi connectivity index (χ2n) is 4.21. The van der Waals surface area contributed by atoms with Crippen molar-refractivity contribution in [3.8, 4) is 11.5 Å². The van der Waals surface area contributed by atoms with Crippen LogP contribution in [0.25, 0.3) is 0 Å². The molecule has 0 aliphatic rings. The van der Waals surface area contributed by atoms with E-state index in [9.17, 15) is 4.39 Å². The molecule has 0 amide bonds. The van der Waals surface area contributed by atoms with Crippen LogP contribution in [-0.2, 0) is 13.2 Å². The third-order valence-electron chi connectivity index (χ3n) is 2.86. The Kier molecular flexibility index (Phi) is 4.98. The van der Waals surface area contributed by atoms with E-state index in [0.29, 0.717) is 23.4 Å². The lowest BCUT2D eigenvalue weighted by Crippen LogP contribution is -2.02. The van der Waals surface area contributed by atoms with Gasteiger partial charge in [0, 0.05) is 18.2 Å². The maximum Gasteiger partial charge on any atom is 0.136 e. The molecule has 20 heavy (non-hydrogen) atoms. The zero-order valence-corrected chi connectivity index (χ0v) is 12.6. The molecule has 5 heteroatoms. The van der Waals surface area contributed by atoms with Crippen molar-refractivity contribution in [3.05, 3.63) is 57.8 Å². The third-order valence-corrected chi connectivity index (χ3v) is 3.51. The van der Waals surface area contributed by atoms with Crippen LogP contribution in [0, 0.1) is 5.82 Å². The van der Waals surface area contributed by atoms with Crippen molar-refractivity contribution in [2.45, 2.75) is 13.2 Å². The van der Waals surface area contributed by atoms with E-state index in [2.05, 4.69) is 15.9 Å². The average Bonchev–Trinajstić information content (AvgIpc) is 2.47. The summed E-state index contributed by atoms with van der Waals surface area (Å²) in [7, 11) is 1.60. The van der Waals surface area contributed by atoms with Crippen LogP contribution >= 0.6 is 15.9 Å². The molecule has 0 spiro atoms. The van der Waals surface area contributed by atoms with Gasteiger partial charge in [0.1, 0.15) is 23.9 Å². The van der Waals surface area contributed by atoms with E-state index in [-0.39, 0.29) is 5.82 Å². The van der Waals surface area contributed by atoms with Crippen molar-refractivity contribution in [2.24, 2.45) is 5.73 Å². The Morgan fingerprint density at radius 2 is 1.95 bits per heavy atom. The van der Waals surface area contributed by atoms with E-state index in [1.54, 1.807) is 13.2 Å². The van der Waals surface area contributed by atoms with Gasteiger partial charge < -0.3 is 15.2 Å². The maximum atomic E-state index is 13.2. The van der Waals surface area contributed by atoms with Gasteiger partial charge in [-0.1, -0.05) is 12.1 Å². The van der Waals surface area contributed by atoms with Gasteiger partial charge in [-0.3, -0.25) is 0 Å². The lowest BCUT2D eigenvalue weighted by atomic mass is 10.1. The minimum Gasteiger partial charge on any atom is -0.496 e. The molecule has 0 aliphatic carbocycles. The largest absolute Gasteiger partial charge is 0.496 e. The van der Waals surface area contributed by atoms with Crippen molar-refractivity contribution >= 4 is 15.9 Å². The Bertz CT molecular complexity index is 604. The molecule has 0 unspecified atom stereocenters. The normalized spacial score (nSPS) is 10.4. The van der Waals surface area contributed by atoms with Gasteiger partial charge in [0.05, 0.1) is 11.6 Å². The summed E-state index contributed by atoms with van der Waals surface area (Å²) >= 11 is 3.32. The molecular formula is C15H15BrFNO2. The van der Waals surface area contributed by atoms with Gasteiger partial charge in [-0.15, -0.1) is 0 Å². The molecule has 0 bridgehead atoms. The monoisotopic (exact) mass is 339 g/mol. The number of methoxy groups -OCH3 is 1. The average molecular weight is 340 g/mol. The summed E-state index contributed by atoms with van der Waals surface area (Å²) in [6.45, 7) is 0.739. The molecule has 0 aliphatic heterocycles. The molecular weight excluding hydrogens is 325 g/mol. The van der Waals surface area contributed by atoms with Crippen LogP contribution in [0.2, 0.25) is 0 Å². The summed E-state index contributed by atoms with van der Waals surface area (Å²) in [6.07, 6.45) is 0. The molecule has 2 aromatic carbocycles. The fraction of sp³-hybridized carbons (Fsp3) is 0.200. The Labute approximate surface area is 125 Å². The van der Waals surface area contributed by atoms with Crippen LogP contribution in [0.1, 0.15) is 11.1 Å². The van der Waals surface area contributed by atoms with Crippen LogP contribution < -0.4 is 15.2 Å². The summed E-state index contributed by atoms with van der Waals surface area (Å²) < 4.78 is 24.7. The first kappa shape index (κ1) is 14.8. The highest BCUT2D eigenvalue weighted by molar-refractivity contribution is 9.10. The highest BCUT2D eigenvalue weighted by atomic mass is 79.9. The number of hydrogen-bond donors (Lipinski definition) is 1. The topological polar surface area (TPSA) is 44.5 Å². The van der Waals surface area contributed by atoms with Gasteiger partial charge in [-0.2, -0.15) is 0 Å². The predicted octanol–water partition coefficient (Wildman–Crippen LogP) is 3.63. The van der Waals surface area contributed by atoms with E-state index < -0.39 is 0 Å². The molecule has 106 valence electrons. The SMILES string of the molecule is COc1cc(COc2cc(F)ccc2Br)ccc1CN. The van der Waals surface area contributed by atoms with E-state index in [4.69, 9.17) is 15.2 Å². The van der Waals surface area contributed by atoms with Crippen molar-refractivity contribution in [2.75, 3.05) is 7.11 Å². The van der Waals surface area contributed by atoms with Crippen LogP contribution in [0.5, 0.6) is 11.5 Å². The first-order valence-electron chi connectivity index (χ1n) is 6.07. The van der Waals surface area contributed by atoms with E-state index in [1.165, 1.54) is 12.1 Å². The van der Waals surface area contributed by atoms with Gasteiger partial charge in [0.2, 0.25) is 0 Å². The van der Waals surface area contributed by atoms with Crippen molar-refractivity contribution < 1.29 is 13.9 Å². The minimum atomic E-state index is -0.334. The summed E-state index contributed by atoms with van der Waals surface area (Å²) in [5.41, 5.74) is 7.48. The molecule has 0 saturated heterocycles. The number of rotatable bonds is 5. The molecule has 3 nitrogen and oxygen atoms in total. The van der Waals surface area contributed by atoms with Crippen LogP contribution in [-0.4, -0.2) is 7.11 Å². The first-order valence-corrected chi connectivity index (χ1v) is 6.87. The molecule has 2 rings (SSSR count). The van der Waals surface area contributed by atoms with Crippen molar-refractivity contribution in [1.29, 1.82) is 0 Å². The molecule has 0 atom stereocenters. The molecule has 2 aromatic rings. The Morgan fingerprint density at radius 3 is 2.65 bits per heavy atom. The summed E-state index contributed by atoms with van der Waals surface area (Å²) in [4.78, 5) is 0. The van der Waals surface area contributed by atoms with E-state index >= 15 is 0 Å². The maximum absolute atomic E-state index is 13.2. The zero-order chi connectivity index (χ0) is 14.5. The van der Waals surface area contributed by atoms with E-state index in [0.717, 1.165) is 16.9 Å². The summed E-state index contributed by atoms with van der Waals surface area (Å²) in [5, 5.41) is 0. The zero-order valence-electron chi connectivity index (χ0n) is 11.0. The van der Waals surface area contributed by atoms with E-state index in [1.807, 2.05) is 18.2 Å².